The quantitative estimate of drug-likeness (QED) is 0.716. The molecule has 1 atom stereocenters. The molecule has 1 heterocycles. The van der Waals surface area contributed by atoms with Crippen LogP contribution in [0.4, 0.5) is 5.69 Å². The van der Waals surface area contributed by atoms with Crippen molar-refractivity contribution in [2.75, 3.05) is 40.2 Å². The zero-order valence-corrected chi connectivity index (χ0v) is 16.3. The number of nitrogens with zero attached hydrogens (tertiary/aromatic N) is 2. The summed E-state index contributed by atoms with van der Waals surface area (Å²) >= 11 is 0. The van der Waals surface area contributed by atoms with Crippen LogP contribution >= 0.6 is 0 Å². The number of methoxy groups -OCH3 is 2. The fraction of sp³-hybridized carbons (Fsp3) is 0.368. The van der Waals surface area contributed by atoms with Crippen molar-refractivity contribution in [2.45, 2.75) is 6.04 Å². The molecular weight excluding hydrogens is 348 g/mol. The van der Waals surface area contributed by atoms with E-state index in [0.717, 1.165) is 5.69 Å². The molecule has 0 radical (unpaired) electrons. The second-order valence-electron chi connectivity index (χ2n) is 6.25. The minimum absolute atomic E-state index is 0.0581. The van der Waals surface area contributed by atoms with Crippen LogP contribution in [0.3, 0.4) is 0 Å². The molecule has 0 aliphatic carbocycles. The van der Waals surface area contributed by atoms with Crippen LogP contribution in [0.5, 0.6) is 11.5 Å². The molecule has 2 amide bonds. The van der Waals surface area contributed by atoms with Gasteiger partial charge in [0.2, 0.25) is 0 Å². The Bertz CT molecular complexity index is 801. The predicted octanol–water partition coefficient (Wildman–Crippen LogP) is 1.40. The van der Waals surface area contributed by atoms with Gasteiger partial charge in [0.15, 0.2) is 0 Å². The minimum atomic E-state index is -0.761. The lowest BCUT2D eigenvalue weighted by Gasteiger charge is -2.25. The molecule has 0 spiro atoms. The number of hydrogen-bond acceptors (Lipinski definition) is 5. The van der Waals surface area contributed by atoms with Gasteiger partial charge >= 0.3 is 11.8 Å². The Kier molecular flexibility index (Phi) is 6.84. The molecule has 8 heteroatoms. The number of carbonyl (C=O) groups is 2. The lowest BCUT2D eigenvalue weighted by atomic mass is 10.2. The van der Waals surface area contributed by atoms with Crippen LogP contribution in [0.1, 0.15) is 11.7 Å². The van der Waals surface area contributed by atoms with E-state index in [1.165, 1.54) is 14.2 Å². The first-order valence-electron chi connectivity index (χ1n) is 8.46. The van der Waals surface area contributed by atoms with Crippen molar-refractivity contribution in [3.05, 3.63) is 42.2 Å². The summed E-state index contributed by atoms with van der Waals surface area (Å²) in [6.45, 7) is 0.302. The topological polar surface area (TPSA) is 84.8 Å². The molecule has 0 saturated heterocycles. The number of amides is 2. The first-order chi connectivity index (χ1) is 12.9. The fourth-order valence-electron chi connectivity index (χ4n) is 2.72. The highest BCUT2D eigenvalue weighted by Crippen LogP contribution is 2.28. The second-order valence-corrected chi connectivity index (χ2v) is 6.25. The number of hydrogen-bond donors (Lipinski definition) is 2. The number of aryl methyl sites for hydroxylation is 1. The van der Waals surface area contributed by atoms with Crippen LogP contribution in [0.2, 0.25) is 0 Å². The van der Waals surface area contributed by atoms with Crippen LogP contribution in [0, 0.1) is 0 Å². The van der Waals surface area contributed by atoms with E-state index in [1.54, 1.807) is 18.2 Å². The maximum absolute atomic E-state index is 12.2. The van der Waals surface area contributed by atoms with Gasteiger partial charge in [0.25, 0.3) is 0 Å². The van der Waals surface area contributed by atoms with Gasteiger partial charge in [-0.05, 0) is 38.4 Å². The number of rotatable bonds is 7. The van der Waals surface area contributed by atoms with Crippen molar-refractivity contribution in [1.82, 2.24) is 14.8 Å². The average Bonchev–Trinajstić information content (AvgIpc) is 3.07. The normalized spacial score (nSPS) is 11.8. The summed E-state index contributed by atoms with van der Waals surface area (Å²) in [5.74, 6) is -0.479. The fourth-order valence-corrected chi connectivity index (χ4v) is 2.72. The molecule has 2 rings (SSSR count). The van der Waals surface area contributed by atoms with Crippen LogP contribution < -0.4 is 20.1 Å². The first kappa shape index (κ1) is 20.3. The molecule has 0 unspecified atom stereocenters. The van der Waals surface area contributed by atoms with Crippen molar-refractivity contribution < 1.29 is 19.1 Å². The summed E-state index contributed by atoms with van der Waals surface area (Å²) < 4.78 is 12.3. The molecule has 146 valence electrons. The largest absolute Gasteiger partial charge is 0.497 e. The van der Waals surface area contributed by atoms with Gasteiger partial charge in [-0.15, -0.1) is 0 Å². The Morgan fingerprint density at radius 1 is 1.15 bits per heavy atom. The average molecular weight is 374 g/mol. The molecule has 0 bridgehead atoms. The van der Waals surface area contributed by atoms with E-state index in [9.17, 15) is 9.59 Å². The standard InChI is InChI=1S/C19H26N4O4/c1-22(2)16(15-7-6-10-23(15)3)12-20-18(24)19(25)21-14-9-8-13(26-4)11-17(14)27-5/h6-11,16H,12H2,1-5H3,(H,20,24)(H,21,25)/t16-/m1/s1. The number of anilines is 1. The highest BCUT2D eigenvalue weighted by Gasteiger charge is 2.21. The van der Waals surface area contributed by atoms with Crippen molar-refractivity contribution in [2.24, 2.45) is 7.05 Å². The number of aromatic nitrogens is 1. The van der Waals surface area contributed by atoms with Crippen molar-refractivity contribution in [3.8, 4) is 11.5 Å². The third-order valence-electron chi connectivity index (χ3n) is 4.27. The third-order valence-corrected chi connectivity index (χ3v) is 4.27. The molecule has 0 saturated carbocycles. The summed E-state index contributed by atoms with van der Waals surface area (Å²) in [4.78, 5) is 26.5. The Labute approximate surface area is 159 Å². The van der Waals surface area contributed by atoms with Crippen LogP contribution in [0.25, 0.3) is 0 Å². The predicted molar refractivity (Wildman–Crippen MR) is 103 cm³/mol. The molecule has 27 heavy (non-hydrogen) atoms. The summed E-state index contributed by atoms with van der Waals surface area (Å²) in [5.41, 5.74) is 1.43. The SMILES string of the molecule is COc1ccc(NC(=O)C(=O)NC[C@H](c2cccn2C)N(C)C)c(OC)c1. The van der Waals surface area contributed by atoms with E-state index in [4.69, 9.17) is 9.47 Å². The smallest absolute Gasteiger partial charge is 0.313 e. The van der Waals surface area contributed by atoms with Gasteiger partial charge in [0.05, 0.1) is 25.9 Å². The van der Waals surface area contributed by atoms with Crippen LogP contribution in [-0.4, -0.2) is 56.1 Å². The van der Waals surface area contributed by atoms with E-state index < -0.39 is 11.8 Å². The van der Waals surface area contributed by atoms with Crippen molar-refractivity contribution >= 4 is 17.5 Å². The Hall–Kier alpha value is -3.00. The summed E-state index contributed by atoms with van der Waals surface area (Å²) in [6.07, 6.45) is 1.94. The van der Waals surface area contributed by atoms with E-state index in [-0.39, 0.29) is 6.04 Å². The maximum atomic E-state index is 12.2. The molecule has 0 aliphatic rings. The second kappa shape index (κ2) is 9.09. The third kappa shape index (κ3) is 5.01. The Balaban J connectivity index is 2.01. The van der Waals surface area contributed by atoms with Gasteiger partial charge in [-0.1, -0.05) is 0 Å². The summed E-state index contributed by atoms with van der Waals surface area (Å²) in [6, 6.07) is 8.79. The Morgan fingerprint density at radius 3 is 2.44 bits per heavy atom. The minimum Gasteiger partial charge on any atom is -0.497 e. The van der Waals surface area contributed by atoms with Crippen LogP contribution in [-0.2, 0) is 16.6 Å². The number of carbonyl (C=O) groups excluding carboxylic acids is 2. The molecule has 2 N–H and O–H groups in total. The highest BCUT2D eigenvalue weighted by atomic mass is 16.5. The molecule has 8 nitrogen and oxygen atoms in total. The van der Waals surface area contributed by atoms with E-state index in [2.05, 4.69) is 10.6 Å². The molecule has 0 fully saturated rings. The molecule has 0 aliphatic heterocycles. The first-order valence-corrected chi connectivity index (χ1v) is 8.46. The summed E-state index contributed by atoms with van der Waals surface area (Å²) in [5, 5.41) is 5.25. The van der Waals surface area contributed by atoms with Gasteiger partial charge in [0, 0.05) is 31.5 Å². The van der Waals surface area contributed by atoms with Gasteiger partial charge in [-0.25, -0.2) is 0 Å². The molecule has 1 aromatic carbocycles. The van der Waals surface area contributed by atoms with Gasteiger partial charge in [0.1, 0.15) is 11.5 Å². The van der Waals surface area contributed by atoms with E-state index >= 15 is 0 Å². The zero-order valence-electron chi connectivity index (χ0n) is 16.3. The number of benzene rings is 1. The highest BCUT2D eigenvalue weighted by molar-refractivity contribution is 6.39. The van der Waals surface area contributed by atoms with E-state index in [1.807, 2.05) is 48.9 Å². The van der Waals surface area contributed by atoms with Gasteiger partial charge < -0.3 is 24.7 Å². The molecular formula is C19H26N4O4. The van der Waals surface area contributed by atoms with Crippen molar-refractivity contribution in [1.29, 1.82) is 0 Å². The monoisotopic (exact) mass is 374 g/mol. The zero-order chi connectivity index (χ0) is 20.0. The van der Waals surface area contributed by atoms with E-state index in [0.29, 0.717) is 23.7 Å². The van der Waals surface area contributed by atoms with Crippen LogP contribution in [0.15, 0.2) is 36.5 Å². The molecule has 1 aromatic heterocycles. The number of nitrogens with one attached hydrogen (secondary N) is 2. The lowest BCUT2D eigenvalue weighted by Crippen LogP contribution is -2.40. The maximum Gasteiger partial charge on any atom is 0.313 e. The number of likely N-dealkylation sites (N-methyl/N-ethyl adjacent to an activating group) is 1. The Morgan fingerprint density at radius 2 is 1.89 bits per heavy atom. The van der Waals surface area contributed by atoms with Crippen molar-refractivity contribution in [3.63, 3.8) is 0 Å². The van der Waals surface area contributed by atoms with Gasteiger partial charge in [-0.2, -0.15) is 0 Å². The van der Waals surface area contributed by atoms with Gasteiger partial charge in [-0.3, -0.25) is 14.5 Å². The number of ether oxygens (including phenoxy) is 2. The summed E-state index contributed by atoms with van der Waals surface area (Å²) in [7, 11) is 8.80. The lowest BCUT2D eigenvalue weighted by molar-refractivity contribution is -0.136. The molecule has 2 aromatic rings.